The van der Waals surface area contributed by atoms with E-state index in [2.05, 4.69) is 37.8 Å². The van der Waals surface area contributed by atoms with Gasteiger partial charge in [-0.2, -0.15) is 0 Å². The predicted molar refractivity (Wildman–Crippen MR) is 94.3 cm³/mol. The molecule has 4 rings (SSSR count). The van der Waals surface area contributed by atoms with E-state index in [0.717, 1.165) is 24.5 Å². The Hall–Kier alpha value is -2.75. The molecule has 2 aromatic rings. The predicted octanol–water partition coefficient (Wildman–Crippen LogP) is -0.656. The molecule has 0 bridgehead atoms. The lowest BCUT2D eigenvalue weighted by molar-refractivity contribution is -0.118. The van der Waals surface area contributed by atoms with Crippen molar-refractivity contribution in [3.05, 3.63) is 29.5 Å². The first-order valence-corrected chi connectivity index (χ1v) is 8.61. The van der Waals surface area contributed by atoms with Crippen molar-refractivity contribution in [2.45, 2.75) is 25.4 Å². The largest absolute Gasteiger partial charge is 0.347 e. The lowest BCUT2D eigenvalue weighted by atomic mass is 9.99. The molecule has 1 saturated heterocycles. The van der Waals surface area contributed by atoms with E-state index in [9.17, 15) is 4.79 Å². The van der Waals surface area contributed by atoms with Gasteiger partial charge in [-0.3, -0.25) is 4.79 Å². The number of carbonyl (C=O) groups is 1. The molecule has 4 heterocycles. The van der Waals surface area contributed by atoms with E-state index in [1.54, 1.807) is 11.0 Å². The van der Waals surface area contributed by atoms with Crippen LogP contribution in [0.3, 0.4) is 0 Å². The molecule has 2 aliphatic heterocycles. The highest BCUT2D eigenvalue weighted by atomic mass is 16.1. The number of rotatable bonds is 3. The van der Waals surface area contributed by atoms with E-state index < -0.39 is 0 Å². The van der Waals surface area contributed by atoms with Crippen LogP contribution in [0.15, 0.2) is 23.8 Å². The van der Waals surface area contributed by atoms with Crippen LogP contribution in [0.1, 0.15) is 18.5 Å². The Morgan fingerprint density at radius 2 is 2.08 bits per heavy atom. The molecule has 0 saturated carbocycles. The second-order valence-corrected chi connectivity index (χ2v) is 7.10. The van der Waals surface area contributed by atoms with E-state index in [-0.39, 0.29) is 17.9 Å². The van der Waals surface area contributed by atoms with Crippen LogP contribution in [0.2, 0.25) is 0 Å². The number of likely N-dealkylation sites (N-methyl/N-ethyl adjacent to an activating group) is 1. The zero-order chi connectivity index (χ0) is 18.4. The lowest BCUT2D eigenvalue weighted by Crippen LogP contribution is -2.43. The van der Waals surface area contributed by atoms with Crippen molar-refractivity contribution in [2.24, 2.45) is 7.05 Å². The molecule has 26 heavy (non-hydrogen) atoms. The van der Waals surface area contributed by atoms with E-state index in [1.807, 2.05) is 36.7 Å². The van der Waals surface area contributed by atoms with Crippen LogP contribution in [-0.2, 0) is 18.4 Å². The molecule has 0 aliphatic carbocycles. The minimum absolute atomic E-state index is 0.0313. The smallest absolute Gasteiger partial charge is 0.251 e. The minimum Gasteiger partial charge on any atom is -0.347 e. The van der Waals surface area contributed by atoms with Crippen LogP contribution >= 0.6 is 0 Å². The summed E-state index contributed by atoms with van der Waals surface area (Å²) in [7, 11) is 5.93. The zero-order valence-corrected chi connectivity index (χ0v) is 15.4. The number of amides is 1. The van der Waals surface area contributed by atoms with Crippen LogP contribution in [0.5, 0.6) is 0 Å². The molecule has 0 aromatic carbocycles. The van der Waals surface area contributed by atoms with E-state index in [1.165, 1.54) is 0 Å². The van der Waals surface area contributed by atoms with E-state index in [0.29, 0.717) is 18.1 Å². The highest BCUT2D eigenvalue weighted by Crippen LogP contribution is 2.28. The van der Waals surface area contributed by atoms with Gasteiger partial charge in [-0.05, 0) is 24.4 Å². The zero-order valence-electron chi connectivity index (χ0n) is 15.4. The third-order valence-electron chi connectivity index (χ3n) is 5.39. The van der Waals surface area contributed by atoms with Crippen molar-refractivity contribution in [3.63, 3.8) is 0 Å². The van der Waals surface area contributed by atoms with Crippen molar-refractivity contribution in [2.75, 3.05) is 32.1 Å². The van der Waals surface area contributed by atoms with Crippen LogP contribution in [0.25, 0.3) is 0 Å². The molecular formula is C16H23N9O. The van der Waals surface area contributed by atoms with Gasteiger partial charge in [0.15, 0.2) is 0 Å². The molecule has 2 atom stereocenters. The Bertz CT molecular complexity index is 867. The van der Waals surface area contributed by atoms with Gasteiger partial charge in [0.25, 0.3) is 5.91 Å². The molecule has 10 heteroatoms. The molecule has 10 nitrogen and oxygen atoms in total. The number of aryl methyl sites for hydroxylation is 1. The quantitative estimate of drug-likeness (QED) is 0.779. The van der Waals surface area contributed by atoms with Gasteiger partial charge < -0.3 is 19.7 Å². The van der Waals surface area contributed by atoms with Crippen molar-refractivity contribution >= 4 is 11.9 Å². The topological polar surface area (TPSA) is 97.0 Å². The molecule has 0 unspecified atom stereocenters. The number of fused-ring (bicyclic) bond motifs is 1. The number of hydrogen-bond acceptors (Lipinski definition) is 7. The van der Waals surface area contributed by atoms with Gasteiger partial charge in [-0.25, -0.2) is 9.67 Å². The fourth-order valence-electron chi connectivity index (χ4n) is 3.82. The average Bonchev–Trinajstić information content (AvgIpc) is 3.31. The summed E-state index contributed by atoms with van der Waals surface area (Å²) in [5.74, 6) is 0.789. The van der Waals surface area contributed by atoms with Crippen molar-refractivity contribution in [1.82, 2.24) is 40.0 Å². The van der Waals surface area contributed by atoms with Crippen molar-refractivity contribution < 1.29 is 4.79 Å². The van der Waals surface area contributed by atoms with E-state index >= 15 is 0 Å². The number of nitrogens with zero attached hydrogens (tertiary/aromatic N) is 8. The molecule has 2 aromatic heterocycles. The number of tetrazole rings is 1. The molecule has 0 spiro atoms. The van der Waals surface area contributed by atoms with Gasteiger partial charge in [0.2, 0.25) is 5.95 Å². The number of allylic oxidation sites excluding steroid dienone is 1. The number of aromatic nitrogens is 6. The summed E-state index contributed by atoms with van der Waals surface area (Å²) in [5.41, 5.74) is 2.69. The summed E-state index contributed by atoms with van der Waals surface area (Å²) in [4.78, 5) is 21.3. The van der Waals surface area contributed by atoms with Crippen LogP contribution < -0.4 is 10.2 Å². The Balaban J connectivity index is 1.56. The number of anilines is 1. The Labute approximate surface area is 151 Å². The van der Waals surface area contributed by atoms with Gasteiger partial charge in [0, 0.05) is 50.7 Å². The third-order valence-corrected chi connectivity index (χ3v) is 5.39. The normalized spacial score (nSPS) is 23.5. The summed E-state index contributed by atoms with van der Waals surface area (Å²) in [6.45, 7) is 4.00. The maximum atomic E-state index is 13.0. The first-order chi connectivity index (χ1) is 12.5. The second kappa shape index (κ2) is 6.20. The molecule has 0 radical (unpaired) electrons. The van der Waals surface area contributed by atoms with Gasteiger partial charge in [0.1, 0.15) is 0 Å². The number of nitrogens with one attached hydrogen (secondary N) is 1. The Morgan fingerprint density at radius 3 is 2.81 bits per heavy atom. The summed E-state index contributed by atoms with van der Waals surface area (Å²) >= 11 is 0. The molecule has 138 valence electrons. The van der Waals surface area contributed by atoms with E-state index in [4.69, 9.17) is 0 Å². The van der Waals surface area contributed by atoms with Crippen LogP contribution in [0.4, 0.5) is 5.95 Å². The number of hydrogen-bond donors (Lipinski definition) is 1. The molecule has 1 amide bonds. The van der Waals surface area contributed by atoms with Gasteiger partial charge >= 0.3 is 0 Å². The molecule has 2 aliphatic rings. The summed E-state index contributed by atoms with van der Waals surface area (Å²) in [6.07, 6.45) is 3.68. The van der Waals surface area contributed by atoms with Crippen LogP contribution in [0, 0.1) is 0 Å². The van der Waals surface area contributed by atoms with Gasteiger partial charge in [-0.15, -0.1) is 0 Å². The molecule has 1 N–H and O–H groups in total. The van der Waals surface area contributed by atoms with Gasteiger partial charge in [-0.1, -0.05) is 5.10 Å². The average molecular weight is 357 g/mol. The fraction of sp³-hybridized carbons (Fsp3) is 0.562. The second-order valence-electron chi connectivity index (χ2n) is 7.10. The van der Waals surface area contributed by atoms with Crippen molar-refractivity contribution in [3.8, 4) is 0 Å². The van der Waals surface area contributed by atoms with Crippen LogP contribution in [-0.4, -0.2) is 73.8 Å². The van der Waals surface area contributed by atoms with Crippen molar-refractivity contribution in [1.29, 1.82) is 0 Å². The molecular weight excluding hydrogens is 334 g/mol. The number of likely N-dealkylation sites (tertiary alicyclic amines) is 1. The first kappa shape index (κ1) is 16.7. The lowest BCUT2D eigenvalue weighted by Gasteiger charge is -2.28. The maximum absolute atomic E-state index is 13.0. The highest BCUT2D eigenvalue weighted by molar-refractivity contribution is 5.95. The summed E-state index contributed by atoms with van der Waals surface area (Å²) in [6, 6.07) is 0.0313. The number of imidazole rings is 1. The monoisotopic (exact) mass is 357 g/mol. The fourth-order valence-corrected chi connectivity index (χ4v) is 3.82. The minimum atomic E-state index is -0.0667. The first-order valence-electron chi connectivity index (χ1n) is 8.61. The maximum Gasteiger partial charge on any atom is 0.251 e. The third kappa shape index (κ3) is 2.66. The summed E-state index contributed by atoms with van der Waals surface area (Å²) < 4.78 is 3.66. The Kier molecular flexibility index (Phi) is 3.98. The highest BCUT2D eigenvalue weighted by Gasteiger charge is 2.36. The standard InChI is InChI=1S/C16H23N9O/c1-10-11(7-25-16(24(10)4)19-20-21-25)15(26)18-13-8-22(2)6-12(13)14-5-17-9-23(14)3/h5,9,12-13H,6-8H2,1-4H3,(H,18,26)/t12-,13-/m1/s1. The number of carbonyl (C=O) groups excluding carboxylic acids is 1. The Morgan fingerprint density at radius 1 is 1.27 bits per heavy atom. The summed E-state index contributed by atoms with van der Waals surface area (Å²) in [5, 5.41) is 14.9. The molecule has 1 fully saturated rings. The SMILES string of the molecule is CC1=C(C(=O)N[C@@H]2CN(C)C[C@H]2c2cncn2C)Cn2nnnc2N1C. The van der Waals surface area contributed by atoms with Gasteiger partial charge in [0.05, 0.1) is 24.5 Å².